The van der Waals surface area contributed by atoms with Crippen molar-refractivity contribution in [3.05, 3.63) is 77.7 Å². The van der Waals surface area contributed by atoms with Crippen LogP contribution in [0.2, 0.25) is 5.02 Å². The number of pyridine rings is 1. The molecule has 0 unspecified atom stereocenters. The number of aromatic nitrogens is 4. The van der Waals surface area contributed by atoms with E-state index in [4.69, 9.17) is 21.3 Å². The highest BCUT2D eigenvalue weighted by Crippen LogP contribution is 2.33. The van der Waals surface area contributed by atoms with Crippen molar-refractivity contribution >= 4 is 21.4 Å². The summed E-state index contributed by atoms with van der Waals surface area (Å²) in [6.07, 6.45) is 5.89. The number of benzene rings is 2. The van der Waals surface area contributed by atoms with Crippen LogP contribution in [-0.4, -0.2) is 34.4 Å². The maximum Gasteiger partial charge on any atom is 0.181 e. The van der Waals surface area contributed by atoms with Crippen LogP contribution >= 0.6 is 11.6 Å². The van der Waals surface area contributed by atoms with Gasteiger partial charge in [-0.1, -0.05) is 23.7 Å². The van der Waals surface area contributed by atoms with Crippen LogP contribution < -0.4 is 4.74 Å². The largest absolute Gasteiger partial charge is 0.456 e. The number of para-hydroxylation sites is 1. The molecule has 1 aliphatic carbocycles. The summed E-state index contributed by atoms with van der Waals surface area (Å²) >= 11 is 5.92. The van der Waals surface area contributed by atoms with Gasteiger partial charge in [0.2, 0.25) is 0 Å². The second-order valence-corrected chi connectivity index (χ2v) is 10.5. The third-order valence-electron chi connectivity index (χ3n) is 5.33. The van der Waals surface area contributed by atoms with Crippen molar-refractivity contribution in [2.45, 2.75) is 24.2 Å². The number of halogens is 1. The minimum absolute atomic E-state index is 0.191. The van der Waals surface area contributed by atoms with Crippen LogP contribution in [0.15, 0.2) is 71.8 Å². The zero-order valence-electron chi connectivity index (χ0n) is 17.8. The van der Waals surface area contributed by atoms with Crippen LogP contribution in [0.4, 0.5) is 0 Å². The quantitative estimate of drug-likeness (QED) is 0.364. The summed E-state index contributed by atoms with van der Waals surface area (Å²) in [4.78, 5) is 9.44. The Morgan fingerprint density at radius 2 is 1.76 bits per heavy atom. The summed E-state index contributed by atoms with van der Waals surface area (Å²) in [5.74, 6) is 2.95. The van der Waals surface area contributed by atoms with Gasteiger partial charge in [-0.05, 0) is 67.3 Å². The van der Waals surface area contributed by atoms with E-state index in [0.29, 0.717) is 45.5 Å². The third kappa shape index (κ3) is 4.91. The summed E-state index contributed by atoms with van der Waals surface area (Å²) < 4.78 is 32.2. The lowest BCUT2D eigenvalue weighted by Gasteiger charge is -2.10. The van der Waals surface area contributed by atoms with Gasteiger partial charge in [0.25, 0.3) is 0 Å². The summed E-state index contributed by atoms with van der Waals surface area (Å²) in [7, 11) is -3.46. The molecule has 168 valence electrons. The third-order valence-corrected chi connectivity index (χ3v) is 6.72. The van der Waals surface area contributed by atoms with Crippen LogP contribution in [0.25, 0.3) is 17.2 Å². The second kappa shape index (κ2) is 8.61. The standard InChI is InChI=1S/C24H21ClN4O3S/c1-33(30,31)22-5-3-2-4-21(22)29-24(27-23(28-29)14-16-6-7-16)20-13-12-19(15-26-20)32-18-10-8-17(25)9-11-18/h2-5,8-13,15-16H,6-7,14H2,1H3. The predicted octanol–water partition coefficient (Wildman–Crippen LogP) is 5.13. The van der Waals surface area contributed by atoms with Gasteiger partial charge in [-0.25, -0.2) is 23.1 Å². The molecular formula is C24H21ClN4O3S. The number of hydrogen-bond acceptors (Lipinski definition) is 6. The molecule has 9 heteroatoms. The van der Waals surface area contributed by atoms with Crippen LogP contribution in [0, 0.1) is 5.92 Å². The van der Waals surface area contributed by atoms with E-state index in [2.05, 4.69) is 10.1 Å². The van der Waals surface area contributed by atoms with E-state index in [1.165, 1.54) is 19.1 Å². The minimum Gasteiger partial charge on any atom is -0.456 e. The van der Waals surface area contributed by atoms with E-state index in [9.17, 15) is 8.42 Å². The molecule has 5 rings (SSSR count). The lowest BCUT2D eigenvalue weighted by atomic mass is 10.3. The normalized spacial score (nSPS) is 13.8. The molecule has 4 aromatic rings. The Hall–Kier alpha value is -3.23. The van der Waals surface area contributed by atoms with E-state index >= 15 is 0 Å². The van der Waals surface area contributed by atoms with Crippen molar-refractivity contribution in [2.75, 3.05) is 6.26 Å². The van der Waals surface area contributed by atoms with E-state index in [0.717, 1.165) is 6.42 Å². The number of nitrogens with zero attached hydrogens (tertiary/aromatic N) is 4. The van der Waals surface area contributed by atoms with Crippen molar-refractivity contribution in [2.24, 2.45) is 5.92 Å². The Bertz CT molecular complexity index is 1400. The fraction of sp³-hybridized carbons (Fsp3) is 0.208. The summed E-state index contributed by atoms with van der Waals surface area (Å²) in [5, 5.41) is 5.30. The van der Waals surface area contributed by atoms with Crippen LogP contribution in [0.3, 0.4) is 0 Å². The molecule has 0 amide bonds. The Labute approximate surface area is 197 Å². The highest BCUT2D eigenvalue weighted by molar-refractivity contribution is 7.90. The number of ether oxygens (including phenoxy) is 1. The van der Waals surface area contributed by atoms with E-state index in [1.54, 1.807) is 71.5 Å². The average Bonchev–Trinajstić information content (AvgIpc) is 3.52. The van der Waals surface area contributed by atoms with Crippen LogP contribution in [-0.2, 0) is 16.3 Å². The smallest absolute Gasteiger partial charge is 0.181 e. The van der Waals surface area contributed by atoms with Crippen molar-refractivity contribution < 1.29 is 13.2 Å². The van der Waals surface area contributed by atoms with Gasteiger partial charge in [0.1, 0.15) is 17.2 Å². The number of sulfone groups is 1. The first-order valence-electron chi connectivity index (χ1n) is 10.5. The molecule has 1 aliphatic rings. The van der Waals surface area contributed by atoms with Gasteiger partial charge in [0.05, 0.1) is 16.8 Å². The Kier molecular flexibility index (Phi) is 5.64. The second-order valence-electron chi connectivity index (χ2n) is 8.09. The molecule has 0 saturated heterocycles. The summed E-state index contributed by atoms with van der Waals surface area (Å²) in [6.45, 7) is 0. The van der Waals surface area contributed by atoms with Gasteiger partial charge in [-0.2, -0.15) is 5.10 Å². The monoisotopic (exact) mass is 480 g/mol. The predicted molar refractivity (Wildman–Crippen MR) is 126 cm³/mol. The zero-order chi connectivity index (χ0) is 23.0. The highest BCUT2D eigenvalue weighted by atomic mass is 35.5. The Morgan fingerprint density at radius 1 is 1.03 bits per heavy atom. The lowest BCUT2D eigenvalue weighted by Crippen LogP contribution is -2.08. The van der Waals surface area contributed by atoms with Crippen molar-refractivity contribution in [1.29, 1.82) is 0 Å². The Balaban J connectivity index is 1.52. The van der Waals surface area contributed by atoms with Crippen LogP contribution in [0.5, 0.6) is 11.5 Å². The Morgan fingerprint density at radius 3 is 2.42 bits per heavy atom. The highest BCUT2D eigenvalue weighted by Gasteiger charge is 2.26. The van der Waals surface area contributed by atoms with Gasteiger partial charge in [0.15, 0.2) is 21.5 Å². The SMILES string of the molecule is CS(=O)(=O)c1ccccc1-n1nc(CC2CC2)nc1-c1ccc(Oc2ccc(Cl)cc2)cn1. The molecule has 2 aromatic heterocycles. The molecule has 0 bridgehead atoms. The fourth-order valence-corrected chi connectivity index (χ4v) is 4.50. The molecule has 0 radical (unpaired) electrons. The van der Waals surface area contributed by atoms with Crippen molar-refractivity contribution in [3.63, 3.8) is 0 Å². The van der Waals surface area contributed by atoms with Gasteiger partial charge < -0.3 is 4.74 Å². The maximum atomic E-state index is 12.4. The van der Waals surface area contributed by atoms with Gasteiger partial charge in [0, 0.05) is 17.7 Å². The first kappa shape index (κ1) is 21.6. The first-order valence-corrected chi connectivity index (χ1v) is 12.8. The topological polar surface area (TPSA) is 87.0 Å². The lowest BCUT2D eigenvalue weighted by molar-refractivity contribution is 0.480. The molecule has 0 N–H and O–H groups in total. The van der Waals surface area contributed by atoms with Gasteiger partial charge >= 0.3 is 0 Å². The van der Waals surface area contributed by atoms with E-state index < -0.39 is 9.84 Å². The van der Waals surface area contributed by atoms with Gasteiger partial charge in [-0.15, -0.1) is 0 Å². The molecular weight excluding hydrogens is 460 g/mol. The fourth-order valence-electron chi connectivity index (χ4n) is 3.51. The molecule has 33 heavy (non-hydrogen) atoms. The summed E-state index contributed by atoms with van der Waals surface area (Å²) in [6, 6.07) is 17.4. The molecule has 2 heterocycles. The number of rotatable bonds is 7. The molecule has 7 nitrogen and oxygen atoms in total. The number of hydrogen-bond donors (Lipinski definition) is 0. The zero-order valence-corrected chi connectivity index (χ0v) is 19.4. The average molecular weight is 481 g/mol. The van der Waals surface area contributed by atoms with E-state index in [1.807, 2.05) is 0 Å². The van der Waals surface area contributed by atoms with Crippen LogP contribution in [0.1, 0.15) is 18.7 Å². The maximum absolute atomic E-state index is 12.4. The van der Waals surface area contributed by atoms with Crippen molar-refractivity contribution in [1.82, 2.24) is 19.7 Å². The molecule has 0 aliphatic heterocycles. The molecule has 1 fully saturated rings. The molecule has 0 atom stereocenters. The first-order chi connectivity index (χ1) is 15.9. The van der Waals surface area contributed by atoms with E-state index in [-0.39, 0.29) is 4.90 Å². The molecule has 0 spiro atoms. The minimum atomic E-state index is -3.46. The van der Waals surface area contributed by atoms with Crippen molar-refractivity contribution in [3.8, 4) is 28.7 Å². The van der Waals surface area contributed by atoms with Gasteiger partial charge in [-0.3, -0.25) is 0 Å². The molecule has 2 aromatic carbocycles. The molecule has 1 saturated carbocycles. The summed E-state index contributed by atoms with van der Waals surface area (Å²) in [5.41, 5.74) is 1.02.